The highest BCUT2D eigenvalue weighted by molar-refractivity contribution is 7.98. The zero-order chi connectivity index (χ0) is 16.2. The van der Waals surface area contributed by atoms with Crippen molar-refractivity contribution >= 4 is 22.7 Å². The van der Waals surface area contributed by atoms with Crippen LogP contribution in [0.5, 0.6) is 0 Å². The lowest BCUT2D eigenvalue weighted by atomic mass is 10.1. The first-order valence-electron chi connectivity index (χ1n) is 7.94. The Hall–Kier alpha value is -2.58. The molecule has 4 rings (SSSR count). The molecular weight excluding hydrogens is 310 g/mol. The predicted molar refractivity (Wildman–Crippen MR) is 102 cm³/mol. The first-order chi connectivity index (χ1) is 11.9. The van der Waals surface area contributed by atoms with Crippen LogP contribution in [0.1, 0.15) is 5.56 Å². The largest absolute Gasteiger partial charge is 0.245 e. The van der Waals surface area contributed by atoms with Gasteiger partial charge in [0.2, 0.25) is 0 Å². The van der Waals surface area contributed by atoms with Gasteiger partial charge < -0.3 is 0 Å². The number of hydrogen-bond acceptors (Lipinski definition) is 2. The van der Waals surface area contributed by atoms with Gasteiger partial charge in [0.05, 0.1) is 11.7 Å². The number of nitrogens with zero attached hydrogens (tertiary/aromatic N) is 1. The molecule has 0 fully saturated rings. The quantitative estimate of drug-likeness (QED) is 0.427. The van der Waals surface area contributed by atoms with E-state index < -0.39 is 0 Å². The van der Waals surface area contributed by atoms with Gasteiger partial charge in [0, 0.05) is 21.6 Å². The summed E-state index contributed by atoms with van der Waals surface area (Å²) < 4.78 is 0. The summed E-state index contributed by atoms with van der Waals surface area (Å²) in [6.07, 6.45) is 3.20. The zero-order valence-corrected chi connectivity index (χ0v) is 14.0. The lowest BCUT2D eigenvalue weighted by molar-refractivity contribution is 1.35. The van der Waals surface area contributed by atoms with Crippen LogP contribution in [0.3, 0.4) is 0 Å². The van der Waals surface area contributed by atoms with Crippen LogP contribution < -0.4 is 0 Å². The van der Waals surface area contributed by atoms with Crippen molar-refractivity contribution < 1.29 is 0 Å². The van der Waals surface area contributed by atoms with Crippen molar-refractivity contribution in [2.45, 2.75) is 10.6 Å². The molecule has 0 aliphatic rings. The molecule has 1 radical (unpaired) electrons. The summed E-state index contributed by atoms with van der Waals surface area (Å²) in [5, 5.41) is 1.15. The molecule has 1 aromatic heterocycles. The van der Waals surface area contributed by atoms with Crippen molar-refractivity contribution in [3.63, 3.8) is 0 Å². The van der Waals surface area contributed by atoms with Gasteiger partial charge in [0.15, 0.2) is 0 Å². The van der Waals surface area contributed by atoms with Gasteiger partial charge in [-0.1, -0.05) is 66.7 Å². The smallest absolute Gasteiger partial charge is 0.0979 e. The minimum atomic E-state index is 0.957. The molecule has 24 heavy (non-hydrogen) atoms. The third kappa shape index (κ3) is 3.19. The highest BCUT2D eigenvalue weighted by atomic mass is 32.2. The van der Waals surface area contributed by atoms with Crippen LogP contribution in [-0.2, 0) is 5.75 Å². The molecule has 0 aliphatic heterocycles. The van der Waals surface area contributed by atoms with Crippen LogP contribution in [-0.4, -0.2) is 4.98 Å². The third-order valence-electron chi connectivity index (χ3n) is 3.95. The monoisotopic (exact) mass is 326 g/mol. The van der Waals surface area contributed by atoms with Crippen LogP contribution in [0.25, 0.3) is 22.0 Å². The molecule has 0 bridgehead atoms. The Labute approximate surface area is 146 Å². The average Bonchev–Trinajstić information content (AvgIpc) is 2.67. The number of para-hydroxylation sites is 1. The van der Waals surface area contributed by atoms with E-state index in [1.54, 1.807) is 0 Å². The normalized spacial score (nSPS) is 10.8. The Kier molecular flexibility index (Phi) is 4.30. The molecule has 0 saturated carbocycles. The maximum atomic E-state index is 4.48. The summed E-state index contributed by atoms with van der Waals surface area (Å²) in [6.45, 7) is 0. The SMILES string of the molecule is [c]1nc2ccccc2cc1-c1ccccc1SCc1ccccc1. The molecule has 1 heterocycles. The summed E-state index contributed by atoms with van der Waals surface area (Å²) in [5.74, 6) is 0.957. The van der Waals surface area contributed by atoms with E-state index in [0.717, 1.165) is 22.2 Å². The van der Waals surface area contributed by atoms with Crippen LogP contribution >= 0.6 is 11.8 Å². The first kappa shape index (κ1) is 15.0. The lowest BCUT2D eigenvalue weighted by Crippen LogP contribution is -1.87. The van der Waals surface area contributed by atoms with Crippen LogP contribution in [0, 0.1) is 6.20 Å². The average molecular weight is 326 g/mol. The van der Waals surface area contributed by atoms with Crippen LogP contribution in [0.15, 0.2) is 89.8 Å². The number of benzene rings is 3. The second-order valence-electron chi connectivity index (χ2n) is 5.61. The Morgan fingerprint density at radius 3 is 2.46 bits per heavy atom. The van der Waals surface area contributed by atoms with Crippen molar-refractivity contribution in [1.82, 2.24) is 4.98 Å². The first-order valence-corrected chi connectivity index (χ1v) is 8.92. The second kappa shape index (κ2) is 6.90. The van der Waals surface area contributed by atoms with Crippen molar-refractivity contribution in [2.24, 2.45) is 0 Å². The summed E-state index contributed by atoms with van der Waals surface area (Å²) in [5.41, 5.74) is 4.55. The zero-order valence-electron chi connectivity index (χ0n) is 13.1. The van der Waals surface area contributed by atoms with E-state index in [2.05, 4.69) is 77.9 Å². The van der Waals surface area contributed by atoms with Crippen molar-refractivity contribution in [2.75, 3.05) is 0 Å². The van der Waals surface area contributed by atoms with Gasteiger partial charge in [-0.2, -0.15) is 0 Å². The van der Waals surface area contributed by atoms with E-state index >= 15 is 0 Å². The van der Waals surface area contributed by atoms with Gasteiger partial charge in [-0.3, -0.25) is 0 Å². The Bertz CT molecular complexity index is 963. The van der Waals surface area contributed by atoms with Gasteiger partial charge in [-0.05, 0) is 29.3 Å². The maximum absolute atomic E-state index is 4.48. The fraction of sp³-hybridized carbons (Fsp3) is 0.0455. The molecule has 2 heteroatoms. The predicted octanol–water partition coefficient (Wildman–Crippen LogP) is 5.99. The molecule has 1 nitrogen and oxygen atoms in total. The van der Waals surface area contributed by atoms with E-state index in [1.165, 1.54) is 16.0 Å². The number of hydrogen-bond donors (Lipinski definition) is 0. The minimum absolute atomic E-state index is 0.957. The van der Waals surface area contributed by atoms with Gasteiger partial charge in [-0.25, -0.2) is 4.98 Å². The van der Waals surface area contributed by atoms with E-state index in [0.29, 0.717) is 0 Å². The highest BCUT2D eigenvalue weighted by Gasteiger charge is 2.07. The molecule has 0 amide bonds. The molecule has 0 atom stereocenters. The second-order valence-corrected chi connectivity index (χ2v) is 6.63. The van der Waals surface area contributed by atoms with Crippen molar-refractivity contribution in [3.05, 3.63) is 96.7 Å². The topological polar surface area (TPSA) is 12.9 Å². The maximum Gasteiger partial charge on any atom is 0.0979 e. The fourth-order valence-corrected chi connectivity index (χ4v) is 3.73. The molecule has 0 unspecified atom stereocenters. The molecule has 4 aromatic rings. The van der Waals surface area contributed by atoms with Gasteiger partial charge in [-0.15, -0.1) is 11.8 Å². The number of thioether (sulfide) groups is 1. The van der Waals surface area contributed by atoms with Gasteiger partial charge in [0.25, 0.3) is 0 Å². The van der Waals surface area contributed by atoms with Crippen LogP contribution in [0.4, 0.5) is 0 Å². The van der Waals surface area contributed by atoms with Crippen molar-refractivity contribution in [1.29, 1.82) is 0 Å². The number of rotatable bonds is 4. The summed E-state index contributed by atoms with van der Waals surface area (Å²) in [4.78, 5) is 5.74. The van der Waals surface area contributed by atoms with E-state index in [9.17, 15) is 0 Å². The van der Waals surface area contributed by atoms with Gasteiger partial charge >= 0.3 is 0 Å². The minimum Gasteiger partial charge on any atom is -0.245 e. The molecule has 0 N–H and O–H groups in total. The third-order valence-corrected chi connectivity index (χ3v) is 5.09. The fourth-order valence-electron chi connectivity index (χ4n) is 2.71. The molecule has 3 aromatic carbocycles. The summed E-state index contributed by atoms with van der Waals surface area (Å²) in [6, 6.07) is 29.4. The molecular formula is C22H16NS. The number of aromatic nitrogens is 1. The molecule has 0 aliphatic carbocycles. The van der Waals surface area contributed by atoms with Gasteiger partial charge in [0.1, 0.15) is 0 Å². The lowest BCUT2D eigenvalue weighted by Gasteiger charge is -2.10. The summed E-state index contributed by atoms with van der Waals surface area (Å²) >= 11 is 1.85. The molecule has 115 valence electrons. The number of pyridine rings is 1. The summed E-state index contributed by atoms with van der Waals surface area (Å²) in [7, 11) is 0. The van der Waals surface area contributed by atoms with Crippen molar-refractivity contribution in [3.8, 4) is 11.1 Å². The van der Waals surface area contributed by atoms with E-state index in [4.69, 9.17) is 0 Å². The Morgan fingerprint density at radius 2 is 1.54 bits per heavy atom. The van der Waals surface area contributed by atoms with E-state index in [1.807, 2.05) is 30.0 Å². The highest BCUT2D eigenvalue weighted by Crippen LogP contribution is 2.33. The molecule has 0 saturated heterocycles. The molecule has 0 spiro atoms. The number of fused-ring (bicyclic) bond motifs is 1. The standard InChI is InChI=1S/C22H16NS/c1-2-8-17(9-3-1)16-24-22-13-7-5-11-20(22)19-14-18-10-4-6-12-21(18)23-15-19/h1-14H,16H2. The van der Waals surface area contributed by atoms with E-state index in [-0.39, 0.29) is 0 Å². The Morgan fingerprint density at radius 1 is 0.792 bits per heavy atom. The Balaban J connectivity index is 1.67. The van der Waals surface area contributed by atoms with Crippen LogP contribution in [0.2, 0.25) is 0 Å².